The van der Waals surface area contributed by atoms with E-state index in [2.05, 4.69) is 15.0 Å². The molecule has 1 N–H and O–H groups in total. The summed E-state index contributed by atoms with van der Waals surface area (Å²) in [6.07, 6.45) is 3.02. The van der Waals surface area contributed by atoms with E-state index in [1.807, 2.05) is 11.6 Å². The second-order valence-corrected chi connectivity index (χ2v) is 8.07. The van der Waals surface area contributed by atoms with Crippen molar-refractivity contribution in [3.8, 4) is 5.75 Å². The summed E-state index contributed by atoms with van der Waals surface area (Å²) >= 11 is 0. The lowest BCUT2D eigenvalue weighted by Gasteiger charge is -2.42. The van der Waals surface area contributed by atoms with E-state index in [1.165, 1.54) is 12.1 Å². The van der Waals surface area contributed by atoms with Gasteiger partial charge in [0.2, 0.25) is 0 Å². The van der Waals surface area contributed by atoms with Crippen LogP contribution in [0.25, 0.3) is 11.0 Å². The van der Waals surface area contributed by atoms with Gasteiger partial charge in [-0.2, -0.15) is 5.10 Å². The van der Waals surface area contributed by atoms with E-state index in [1.54, 1.807) is 6.20 Å². The Bertz CT molecular complexity index is 1150. The lowest BCUT2D eigenvalue weighted by atomic mass is 10.1. The van der Waals surface area contributed by atoms with Crippen molar-refractivity contribution >= 4 is 11.0 Å². The van der Waals surface area contributed by atoms with Crippen molar-refractivity contribution in [2.75, 3.05) is 26.3 Å². The molecule has 0 radical (unpaired) electrons. The van der Waals surface area contributed by atoms with Crippen LogP contribution in [0.1, 0.15) is 37.7 Å². The van der Waals surface area contributed by atoms with Crippen LogP contribution in [-0.4, -0.2) is 57.1 Å². The predicted octanol–water partition coefficient (Wildman–Crippen LogP) is 2.57. The Morgan fingerprint density at radius 3 is 2.77 bits per heavy atom. The molecule has 8 nitrogen and oxygen atoms in total. The molecule has 0 spiro atoms. The Morgan fingerprint density at radius 1 is 1.26 bits per heavy atom. The molecule has 0 bridgehead atoms. The zero-order valence-electron chi connectivity index (χ0n) is 17.1. The minimum Gasteiger partial charge on any atom is -0.485 e. The fraction of sp³-hybridized carbons (Fsp3) is 0.476. The molecule has 0 amide bonds. The highest BCUT2D eigenvalue weighted by Crippen LogP contribution is 2.28. The first-order chi connectivity index (χ1) is 15.0. The summed E-state index contributed by atoms with van der Waals surface area (Å²) in [5, 5.41) is 4.89. The van der Waals surface area contributed by atoms with Crippen molar-refractivity contribution in [3.05, 3.63) is 52.2 Å². The lowest BCUT2D eigenvalue weighted by Crippen LogP contribution is -2.54. The first-order valence-corrected chi connectivity index (χ1v) is 10.4. The fourth-order valence-electron chi connectivity index (χ4n) is 4.13. The number of likely N-dealkylation sites (tertiary alicyclic amines) is 1. The topological polar surface area (TPSA) is 85.3 Å². The molecule has 3 aromatic rings. The highest BCUT2D eigenvalue weighted by atomic mass is 19.1. The second kappa shape index (κ2) is 8.01. The third kappa shape index (κ3) is 3.81. The molecule has 1 unspecified atom stereocenters. The Morgan fingerprint density at radius 2 is 2.03 bits per heavy atom. The molecule has 10 heteroatoms. The minimum atomic E-state index is -0.718. The Kier molecular flexibility index (Phi) is 5.19. The molecule has 2 fully saturated rings. The molecule has 2 aliphatic rings. The van der Waals surface area contributed by atoms with E-state index in [9.17, 15) is 13.6 Å². The van der Waals surface area contributed by atoms with Gasteiger partial charge in [-0.05, 0) is 31.9 Å². The highest BCUT2D eigenvalue weighted by Gasteiger charge is 2.34. The summed E-state index contributed by atoms with van der Waals surface area (Å²) in [4.78, 5) is 22.3. The number of rotatable bonds is 5. The van der Waals surface area contributed by atoms with Crippen LogP contribution < -0.4 is 10.3 Å². The first kappa shape index (κ1) is 20.1. The van der Waals surface area contributed by atoms with E-state index < -0.39 is 11.6 Å². The zero-order valence-corrected chi connectivity index (χ0v) is 17.1. The molecule has 2 saturated heterocycles. The van der Waals surface area contributed by atoms with Crippen molar-refractivity contribution in [1.82, 2.24) is 24.6 Å². The smallest absolute Gasteiger partial charge is 0.262 e. The predicted molar refractivity (Wildman–Crippen MR) is 108 cm³/mol. The standard InChI is InChI=1S/C21H23F2N5O3/c1-12(27-10-15(11-27)31-18-3-2-13(22)8-17(18)23)19-25-20-16(21(29)26-19)9-24-28(20)14-4-6-30-7-5-14/h2-3,8-9,12,14-15H,4-7,10-11H2,1H3,(H,25,26,29). The van der Waals surface area contributed by atoms with Gasteiger partial charge in [-0.1, -0.05) is 0 Å². The minimum absolute atomic E-state index is 0.0343. The van der Waals surface area contributed by atoms with Crippen molar-refractivity contribution < 1.29 is 18.3 Å². The number of H-pyrrole nitrogens is 1. The third-order valence-electron chi connectivity index (χ3n) is 6.03. The number of benzene rings is 1. The van der Waals surface area contributed by atoms with E-state index in [4.69, 9.17) is 14.5 Å². The second-order valence-electron chi connectivity index (χ2n) is 8.07. The monoisotopic (exact) mass is 431 g/mol. The summed E-state index contributed by atoms with van der Waals surface area (Å²) in [5.74, 6) is -0.770. The molecule has 0 saturated carbocycles. The quantitative estimate of drug-likeness (QED) is 0.669. The van der Waals surface area contributed by atoms with Crippen molar-refractivity contribution in [1.29, 1.82) is 0 Å². The molecule has 5 rings (SSSR count). The number of hydrogen-bond acceptors (Lipinski definition) is 6. The lowest BCUT2D eigenvalue weighted by molar-refractivity contribution is -0.00923. The van der Waals surface area contributed by atoms with E-state index in [0.717, 1.165) is 18.9 Å². The molecule has 2 aromatic heterocycles. The van der Waals surface area contributed by atoms with E-state index >= 15 is 0 Å². The molecule has 0 aliphatic carbocycles. The van der Waals surface area contributed by atoms with Gasteiger partial charge in [-0.25, -0.2) is 18.4 Å². The maximum atomic E-state index is 13.8. The number of hydrogen-bond donors (Lipinski definition) is 1. The SMILES string of the molecule is CC(c1nc2c(cnn2C2CCOCC2)c(=O)[nH]1)N1CC(Oc2ccc(F)cc2F)C1. The highest BCUT2D eigenvalue weighted by molar-refractivity contribution is 5.73. The van der Waals surface area contributed by atoms with Crippen LogP contribution in [0.3, 0.4) is 0 Å². The summed E-state index contributed by atoms with van der Waals surface area (Å²) < 4.78 is 39.7. The molecule has 4 heterocycles. The van der Waals surface area contributed by atoms with Crippen molar-refractivity contribution in [3.63, 3.8) is 0 Å². The number of nitrogens with one attached hydrogen (secondary N) is 1. The molecular weight excluding hydrogens is 408 g/mol. The normalized spacial score (nSPS) is 19.5. The number of fused-ring (bicyclic) bond motifs is 1. The number of ether oxygens (including phenoxy) is 2. The van der Waals surface area contributed by atoms with Crippen LogP contribution >= 0.6 is 0 Å². The van der Waals surface area contributed by atoms with Gasteiger partial charge in [0.15, 0.2) is 17.2 Å². The van der Waals surface area contributed by atoms with Gasteiger partial charge in [-0.15, -0.1) is 0 Å². The maximum absolute atomic E-state index is 13.8. The van der Waals surface area contributed by atoms with E-state index in [-0.39, 0.29) is 29.5 Å². The molecule has 1 atom stereocenters. The Balaban J connectivity index is 1.31. The number of nitrogens with zero attached hydrogens (tertiary/aromatic N) is 4. The summed E-state index contributed by atoms with van der Waals surface area (Å²) in [7, 11) is 0. The largest absolute Gasteiger partial charge is 0.485 e. The van der Waals surface area contributed by atoms with Gasteiger partial charge >= 0.3 is 0 Å². The van der Waals surface area contributed by atoms with Gasteiger partial charge in [-0.3, -0.25) is 9.69 Å². The average Bonchev–Trinajstić information content (AvgIpc) is 3.16. The Hall–Kier alpha value is -2.85. The molecule has 31 heavy (non-hydrogen) atoms. The van der Waals surface area contributed by atoms with Gasteiger partial charge in [0.25, 0.3) is 5.56 Å². The van der Waals surface area contributed by atoms with Gasteiger partial charge < -0.3 is 14.5 Å². The average molecular weight is 431 g/mol. The molecule has 1 aromatic carbocycles. The Labute approximate surface area is 176 Å². The molecule has 164 valence electrons. The van der Waals surface area contributed by atoms with Gasteiger partial charge in [0.1, 0.15) is 23.1 Å². The summed E-state index contributed by atoms with van der Waals surface area (Å²) in [6, 6.07) is 3.27. The molecule has 2 aliphatic heterocycles. The third-order valence-corrected chi connectivity index (χ3v) is 6.03. The van der Waals surface area contributed by atoms with Crippen LogP contribution in [0.2, 0.25) is 0 Å². The number of halogens is 2. The summed E-state index contributed by atoms with van der Waals surface area (Å²) in [6.45, 7) is 4.37. The number of aromatic nitrogens is 4. The van der Waals surface area contributed by atoms with Gasteiger partial charge in [0, 0.05) is 32.4 Å². The number of aromatic amines is 1. The fourth-order valence-corrected chi connectivity index (χ4v) is 4.13. The van der Waals surface area contributed by atoms with Crippen LogP contribution in [0.15, 0.2) is 29.2 Å². The maximum Gasteiger partial charge on any atom is 0.262 e. The summed E-state index contributed by atoms with van der Waals surface area (Å²) in [5.41, 5.74) is 0.367. The van der Waals surface area contributed by atoms with Crippen LogP contribution in [-0.2, 0) is 4.74 Å². The van der Waals surface area contributed by atoms with E-state index in [0.29, 0.717) is 43.2 Å². The van der Waals surface area contributed by atoms with Gasteiger partial charge in [0.05, 0.1) is 18.3 Å². The van der Waals surface area contributed by atoms with Crippen LogP contribution in [0.4, 0.5) is 8.78 Å². The first-order valence-electron chi connectivity index (χ1n) is 10.4. The molecular formula is C21H23F2N5O3. The van der Waals surface area contributed by atoms with Crippen molar-refractivity contribution in [2.24, 2.45) is 0 Å². The van der Waals surface area contributed by atoms with Crippen molar-refractivity contribution in [2.45, 2.75) is 38.0 Å². The zero-order chi connectivity index (χ0) is 21.5. The van der Waals surface area contributed by atoms with Crippen LogP contribution in [0.5, 0.6) is 5.75 Å². The van der Waals surface area contributed by atoms with Crippen LogP contribution in [0, 0.1) is 11.6 Å².